The minimum Gasteiger partial charge on any atom is -0.493 e. The number of carbonyl (C=O) groups excluding carboxylic acids is 1. The summed E-state index contributed by atoms with van der Waals surface area (Å²) in [7, 11) is 2.97. The predicted molar refractivity (Wildman–Crippen MR) is 103 cm³/mol. The van der Waals surface area contributed by atoms with Crippen molar-refractivity contribution in [2.45, 2.75) is 0 Å². The summed E-state index contributed by atoms with van der Waals surface area (Å²) in [6.45, 7) is 0. The second-order valence-corrected chi connectivity index (χ2v) is 6.10. The number of carboxylic acids is 1. The molecule has 0 spiro atoms. The predicted octanol–water partition coefficient (Wildman–Crippen LogP) is 3.71. The largest absolute Gasteiger partial charge is 0.493 e. The van der Waals surface area contributed by atoms with E-state index in [0.29, 0.717) is 21.5 Å². The van der Waals surface area contributed by atoms with Crippen LogP contribution in [0.5, 0.6) is 11.5 Å². The minimum atomic E-state index is -1.11. The molecule has 2 N–H and O–H groups in total. The smallest absolute Gasteiger partial charge is 0.335 e. The number of halogens is 1. The van der Waals surface area contributed by atoms with Gasteiger partial charge in [-0.25, -0.2) is 4.79 Å². The van der Waals surface area contributed by atoms with E-state index in [2.05, 4.69) is 21.2 Å². The van der Waals surface area contributed by atoms with Crippen molar-refractivity contribution in [2.24, 2.45) is 0 Å². The maximum atomic E-state index is 12.4. The van der Waals surface area contributed by atoms with Crippen LogP contribution in [0.25, 0.3) is 6.08 Å². The second-order valence-electron chi connectivity index (χ2n) is 5.25. The molecule has 8 heteroatoms. The van der Waals surface area contributed by atoms with E-state index in [-0.39, 0.29) is 16.8 Å². The lowest BCUT2D eigenvalue weighted by molar-refractivity contribution is -0.112. The molecular weight excluding hydrogens is 416 g/mol. The lowest BCUT2D eigenvalue weighted by Crippen LogP contribution is -2.14. The highest BCUT2D eigenvalue weighted by atomic mass is 79.9. The van der Waals surface area contributed by atoms with Crippen LogP contribution in [-0.2, 0) is 4.79 Å². The molecule has 0 aliphatic carbocycles. The van der Waals surface area contributed by atoms with Crippen molar-refractivity contribution in [3.63, 3.8) is 0 Å². The normalized spacial score (nSPS) is 10.7. The van der Waals surface area contributed by atoms with E-state index in [1.165, 1.54) is 44.6 Å². The maximum absolute atomic E-state index is 12.4. The first-order valence-corrected chi connectivity index (χ1v) is 8.37. The number of nitriles is 1. The summed E-state index contributed by atoms with van der Waals surface area (Å²) < 4.78 is 11.1. The number of hydrogen-bond acceptors (Lipinski definition) is 5. The van der Waals surface area contributed by atoms with Crippen LogP contribution in [0.2, 0.25) is 0 Å². The number of rotatable bonds is 6. The Balaban J connectivity index is 2.32. The van der Waals surface area contributed by atoms with Crippen LogP contribution in [0, 0.1) is 11.3 Å². The van der Waals surface area contributed by atoms with E-state index >= 15 is 0 Å². The summed E-state index contributed by atoms with van der Waals surface area (Å²) in [5.41, 5.74) is 0.689. The molecule has 138 valence electrons. The summed E-state index contributed by atoms with van der Waals surface area (Å²) >= 11 is 3.35. The molecular formula is C19H15BrN2O5. The highest BCUT2D eigenvalue weighted by molar-refractivity contribution is 9.10. The topological polar surface area (TPSA) is 109 Å². The molecule has 0 bridgehead atoms. The zero-order chi connectivity index (χ0) is 20.0. The molecule has 0 aliphatic rings. The highest BCUT2D eigenvalue weighted by Crippen LogP contribution is 2.36. The van der Waals surface area contributed by atoms with Gasteiger partial charge in [0.05, 0.1) is 24.3 Å². The summed E-state index contributed by atoms with van der Waals surface area (Å²) in [6, 6.07) is 10.9. The Bertz CT molecular complexity index is 963. The van der Waals surface area contributed by atoms with Crippen molar-refractivity contribution in [1.82, 2.24) is 0 Å². The van der Waals surface area contributed by atoms with Gasteiger partial charge < -0.3 is 19.9 Å². The number of methoxy groups -OCH3 is 2. The molecule has 2 aromatic rings. The second kappa shape index (κ2) is 8.87. The van der Waals surface area contributed by atoms with Gasteiger partial charge >= 0.3 is 5.97 Å². The Morgan fingerprint density at radius 1 is 1.22 bits per heavy atom. The van der Waals surface area contributed by atoms with E-state index in [0.717, 1.165) is 0 Å². The lowest BCUT2D eigenvalue weighted by Gasteiger charge is -2.11. The fraction of sp³-hybridized carbons (Fsp3) is 0.105. The molecule has 0 heterocycles. The molecule has 2 rings (SSSR count). The Labute approximate surface area is 164 Å². The molecule has 0 saturated carbocycles. The lowest BCUT2D eigenvalue weighted by atomic mass is 10.1. The molecule has 2 aromatic carbocycles. The fourth-order valence-corrected chi connectivity index (χ4v) is 2.89. The molecule has 1 amide bonds. The van der Waals surface area contributed by atoms with Crippen LogP contribution < -0.4 is 14.8 Å². The van der Waals surface area contributed by atoms with Gasteiger partial charge in [-0.1, -0.05) is 6.07 Å². The van der Waals surface area contributed by atoms with Crippen molar-refractivity contribution in [2.75, 3.05) is 19.5 Å². The first kappa shape index (κ1) is 20.0. The fourth-order valence-electron chi connectivity index (χ4n) is 2.26. The number of nitrogens with zero attached hydrogens (tertiary/aromatic N) is 1. The number of carboxylic acid groups (broad SMARTS) is 1. The first-order valence-electron chi connectivity index (χ1n) is 7.57. The van der Waals surface area contributed by atoms with E-state index < -0.39 is 11.9 Å². The SMILES string of the molecule is COc1cc(/C=C(/C#N)C(=O)Nc2cccc(C(=O)O)c2)cc(Br)c1OC. The molecule has 27 heavy (non-hydrogen) atoms. The highest BCUT2D eigenvalue weighted by Gasteiger charge is 2.14. The zero-order valence-corrected chi connectivity index (χ0v) is 16.0. The zero-order valence-electron chi connectivity index (χ0n) is 14.4. The van der Waals surface area contributed by atoms with Gasteiger partial charge in [0.2, 0.25) is 0 Å². The number of anilines is 1. The molecule has 0 radical (unpaired) electrons. The number of ether oxygens (including phenoxy) is 2. The number of aromatic carboxylic acids is 1. The van der Waals surface area contributed by atoms with Crippen molar-refractivity contribution in [3.8, 4) is 17.6 Å². The van der Waals surface area contributed by atoms with Crippen LogP contribution in [0.4, 0.5) is 5.69 Å². The first-order chi connectivity index (χ1) is 12.9. The van der Waals surface area contributed by atoms with Crippen LogP contribution in [-0.4, -0.2) is 31.2 Å². The van der Waals surface area contributed by atoms with Gasteiger partial charge in [-0.2, -0.15) is 5.26 Å². The Morgan fingerprint density at radius 3 is 2.56 bits per heavy atom. The third kappa shape index (κ3) is 4.86. The molecule has 0 unspecified atom stereocenters. The summed E-state index contributed by atoms with van der Waals surface area (Å²) in [4.78, 5) is 23.4. The van der Waals surface area contributed by atoms with Gasteiger partial charge in [0.15, 0.2) is 11.5 Å². The maximum Gasteiger partial charge on any atom is 0.335 e. The van der Waals surface area contributed by atoms with Gasteiger partial charge in [-0.05, 0) is 57.9 Å². The molecule has 0 saturated heterocycles. The molecule has 7 nitrogen and oxygen atoms in total. The Hall–Kier alpha value is -3.31. The van der Waals surface area contributed by atoms with Crippen LogP contribution in [0.1, 0.15) is 15.9 Å². The summed E-state index contributed by atoms with van der Waals surface area (Å²) in [5.74, 6) is -0.851. The average Bonchev–Trinajstić information content (AvgIpc) is 2.65. The summed E-state index contributed by atoms with van der Waals surface area (Å²) in [6.07, 6.45) is 1.39. The number of nitrogens with one attached hydrogen (secondary N) is 1. The third-order valence-corrected chi connectivity index (χ3v) is 4.09. The van der Waals surface area contributed by atoms with E-state index in [4.69, 9.17) is 14.6 Å². The quantitative estimate of drug-likeness (QED) is 0.533. The number of benzene rings is 2. The van der Waals surface area contributed by atoms with Gasteiger partial charge in [-0.3, -0.25) is 4.79 Å². The van der Waals surface area contributed by atoms with Crippen molar-refractivity contribution >= 4 is 39.6 Å². The number of carbonyl (C=O) groups is 2. The van der Waals surface area contributed by atoms with Crippen molar-refractivity contribution in [1.29, 1.82) is 5.26 Å². The monoisotopic (exact) mass is 430 g/mol. The molecule has 0 aromatic heterocycles. The Morgan fingerprint density at radius 2 is 1.96 bits per heavy atom. The van der Waals surface area contributed by atoms with Gasteiger partial charge in [0.25, 0.3) is 5.91 Å². The van der Waals surface area contributed by atoms with Gasteiger partial charge in [-0.15, -0.1) is 0 Å². The van der Waals surface area contributed by atoms with Gasteiger partial charge in [0.1, 0.15) is 11.6 Å². The number of hydrogen-bond donors (Lipinski definition) is 2. The van der Waals surface area contributed by atoms with E-state index in [1.807, 2.05) is 6.07 Å². The average molecular weight is 431 g/mol. The van der Waals surface area contributed by atoms with Crippen LogP contribution >= 0.6 is 15.9 Å². The molecule has 0 fully saturated rings. The van der Waals surface area contributed by atoms with Crippen molar-refractivity contribution in [3.05, 3.63) is 57.6 Å². The molecule has 0 aliphatic heterocycles. The van der Waals surface area contributed by atoms with Crippen LogP contribution in [0.15, 0.2) is 46.4 Å². The molecule has 0 atom stereocenters. The van der Waals surface area contributed by atoms with Gasteiger partial charge in [0, 0.05) is 5.69 Å². The standard InChI is InChI=1S/C19H15BrN2O5/c1-26-16-8-11(7-15(20)17(16)27-2)6-13(10-21)18(23)22-14-5-3-4-12(9-14)19(24)25/h3-9H,1-2H3,(H,22,23)(H,24,25)/b13-6-. The minimum absolute atomic E-state index is 0.0270. The third-order valence-electron chi connectivity index (χ3n) is 3.50. The van der Waals surface area contributed by atoms with E-state index in [1.54, 1.807) is 12.1 Å². The van der Waals surface area contributed by atoms with Crippen LogP contribution in [0.3, 0.4) is 0 Å². The van der Waals surface area contributed by atoms with Crippen molar-refractivity contribution < 1.29 is 24.2 Å². The Kier molecular flexibility index (Phi) is 6.57. The summed E-state index contributed by atoms with van der Waals surface area (Å²) in [5, 5.41) is 20.9. The number of amides is 1. The van der Waals surface area contributed by atoms with E-state index in [9.17, 15) is 14.9 Å².